The summed E-state index contributed by atoms with van der Waals surface area (Å²) in [6, 6.07) is 14.8. The lowest BCUT2D eigenvalue weighted by atomic mass is 10.2. The van der Waals surface area contributed by atoms with Gasteiger partial charge in [0.05, 0.1) is 14.9 Å². The molecule has 0 unspecified atom stereocenters. The number of nitrogens with one attached hydrogen (secondary N) is 2. The van der Waals surface area contributed by atoms with E-state index in [0.717, 1.165) is 22.1 Å². The predicted molar refractivity (Wildman–Crippen MR) is 112 cm³/mol. The Morgan fingerprint density at radius 1 is 1.04 bits per heavy atom. The van der Waals surface area contributed by atoms with Gasteiger partial charge in [-0.15, -0.1) is 22.7 Å². The predicted octanol–water partition coefficient (Wildman–Crippen LogP) is 5.92. The second-order valence-electron chi connectivity index (χ2n) is 5.54. The second-order valence-corrected chi connectivity index (χ2v) is 8.11. The van der Waals surface area contributed by atoms with Crippen molar-refractivity contribution in [2.45, 2.75) is 0 Å². The van der Waals surface area contributed by atoms with Crippen LogP contribution in [0.15, 0.2) is 66.3 Å². The summed E-state index contributed by atoms with van der Waals surface area (Å²) < 4.78 is 0.587. The quantitative estimate of drug-likeness (QED) is 0.427. The van der Waals surface area contributed by atoms with Crippen LogP contribution in [0.1, 0.15) is 9.67 Å². The molecule has 0 bridgehead atoms. The molecule has 3 heterocycles. The van der Waals surface area contributed by atoms with Crippen LogP contribution in [0.25, 0.3) is 11.3 Å². The molecule has 8 heteroatoms. The zero-order chi connectivity index (χ0) is 18.6. The van der Waals surface area contributed by atoms with Gasteiger partial charge in [0.2, 0.25) is 0 Å². The minimum atomic E-state index is -0.182. The average Bonchev–Trinajstić information content (AvgIpc) is 3.32. The van der Waals surface area contributed by atoms with E-state index in [1.165, 1.54) is 22.7 Å². The summed E-state index contributed by atoms with van der Waals surface area (Å²) in [4.78, 5) is 21.4. The highest BCUT2D eigenvalue weighted by atomic mass is 35.5. The largest absolute Gasteiger partial charge is 0.331 e. The number of amides is 1. The van der Waals surface area contributed by atoms with Crippen LogP contribution in [0.4, 0.5) is 16.5 Å². The monoisotopic (exact) mass is 412 g/mol. The summed E-state index contributed by atoms with van der Waals surface area (Å²) in [5, 5.41) is 8.91. The third-order valence-electron chi connectivity index (χ3n) is 3.65. The maximum atomic E-state index is 12.3. The van der Waals surface area contributed by atoms with Gasteiger partial charge in [-0.3, -0.25) is 9.78 Å². The first-order valence-corrected chi connectivity index (χ1v) is 10.0. The first kappa shape index (κ1) is 17.7. The SMILES string of the molecule is O=C(Nc1cccc(Nc2nc(-c3ccncc3)cs2)c1)c1ccc(Cl)s1. The van der Waals surface area contributed by atoms with Crippen molar-refractivity contribution in [3.05, 3.63) is 75.5 Å². The topological polar surface area (TPSA) is 66.9 Å². The van der Waals surface area contributed by atoms with Crippen LogP contribution in [0.3, 0.4) is 0 Å². The number of halogens is 1. The van der Waals surface area contributed by atoms with E-state index in [4.69, 9.17) is 11.6 Å². The molecule has 0 aliphatic heterocycles. The molecule has 0 spiro atoms. The third-order valence-corrected chi connectivity index (χ3v) is 5.64. The van der Waals surface area contributed by atoms with Crippen molar-refractivity contribution in [2.24, 2.45) is 0 Å². The minimum absolute atomic E-state index is 0.182. The number of thiazole rings is 1. The summed E-state index contributed by atoms with van der Waals surface area (Å²) in [5.41, 5.74) is 3.45. The molecule has 0 saturated carbocycles. The Morgan fingerprint density at radius 2 is 1.85 bits per heavy atom. The van der Waals surface area contributed by atoms with Gasteiger partial charge < -0.3 is 10.6 Å². The van der Waals surface area contributed by atoms with Gasteiger partial charge in [-0.2, -0.15) is 0 Å². The smallest absolute Gasteiger partial charge is 0.265 e. The van der Waals surface area contributed by atoms with Crippen molar-refractivity contribution in [3.8, 4) is 11.3 Å². The molecule has 27 heavy (non-hydrogen) atoms. The van der Waals surface area contributed by atoms with Gasteiger partial charge in [0, 0.05) is 34.7 Å². The lowest BCUT2D eigenvalue weighted by Crippen LogP contribution is -2.10. The number of anilines is 3. The standard InChI is InChI=1S/C19H13ClN4OS2/c20-17-5-4-16(27-17)18(25)22-13-2-1-3-14(10-13)23-19-24-15(11-26-19)12-6-8-21-9-7-12/h1-11H,(H,22,25)(H,23,24). The second kappa shape index (κ2) is 7.87. The van der Waals surface area contributed by atoms with Crippen LogP contribution in [0, 0.1) is 0 Å². The fourth-order valence-electron chi connectivity index (χ4n) is 2.41. The summed E-state index contributed by atoms with van der Waals surface area (Å²) in [7, 11) is 0. The van der Waals surface area contributed by atoms with Gasteiger partial charge >= 0.3 is 0 Å². The number of carbonyl (C=O) groups excluding carboxylic acids is 1. The van der Waals surface area contributed by atoms with E-state index in [2.05, 4.69) is 20.6 Å². The summed E-state index contributed by atoms with van der Waals surface area (Å²) in [6.45, 7) is 0. The highest BCUT2D eigenvalue weighted by Gasteiger charge is 2.10. The fourth-order valence-corrected chi connectivity index (χ4v) is 4.09. The van der Waals surface area contributed by atoms with Gasteiger partial charge in [0.1, 0.15) is 0 Å². The molecule has 4 rings (SSSR count). The van der Waals surface area contributed by atoms with E-state index in [1.807, 2.05) is 41.8 Å². The molecule has 0 aliphatic rings. The third kappa shape index (κ3) is 4.33. The molecule has 2 N–H and O–H groups in total. The first-order valence-electron chi connectivity index (χ1n) is 7.97. The van der Waals surface area contributed by atoms with Gasteiger partial charge in [0.15, 0.2) is 5.13 Å². The number of rotatable bonds is 5. The van der Waals surface area contributed by atoms with Gasteiger partial charge in [-0.25, -0.2) is 4.98 Å². The van der Waals surface area contributed by atoms with Crippen LogP contribution >= 0.6 is 34.3 Å². The summed E-state index contributed by atoms with van der Waals surface area (Å²) in [6.07, 6.45) is 3.49. The first-order chi connectivity index (χ1) is 13.2. The molecule has 0 fully saturated rings. The van der Waals surface area contributed by atoms with Gasteiger partial charge in [-0.05, 0) is 42.5 Å². The van der Waals surface area contributed by atoms with Gasteiger partial charge in [-0.1, -0.05) is 17.7 Å². The number of aromatic nitrogens is 2. The number of benzene rings is 1. The van der Waals surface area contributed by atoms with E-state index in [-0.39, 0.29) is 5.91 Å². The number of hydrogen-bond acceptors (Lipinski definition) is 6. The van der Waals surface area contributed by atoms with Crippen molar-refractivity contribution in [1.82, 2.24) is 9.97 Å². The average molecular weight is 413 g/mol. The molecule has 1 aromatic carbocycles. The van der Waals surface area contributed by atoms with Crippen LogP contribution in [0.5, 0.6) is 0 Å². The fraction of sp³-hybridized carbons (Fsp3) is 0. The van der Waals surface area contributed by atoms with E-state index in [9.17, 15) is 4.79 Å². The molecule has 134 valence electrons. The van der Waals surface area contributed by atoms with Crippen LogP contribution in [0.2, 0.25) is 4.34 Å². The normalized spacial score (nSPS) is 10.6. The molecule has 4 aromatic rings. The summed E-state index contributed by atoms with van der Waals surface area (Å²) >= 11 is 8.65. The Hall–Kier alpha value is -2.74. The van der Waals surface area contributed by atoms with Crippen LogP contribution in [-0.4, -0.2) is 15.9 Å². The Balaban J connectivity index is 1.47. The Kier molecular flexibility index (Phi) is 5.15. The number of thiophene rings is 1. The van der Waals surface area contributed by atoms with Crippen molar-refractivity contribution in [3.63, 3.8) is 0 Å². The maximum Gasteiger partial charge on any atom is 0.265 e. The van der Waals surface area contributed by atoms with E-state index in [1.54, 1.807) is 24.5 Å². The van der Waals surface area contributed by atoms with Crippen molar-refractivity contribution < 1.29 is 4.79 Å². The number of hydrogen-bond donors (Lipinski definition) is 2. The van der Waals surface area contributed by atoms with Crippen molar-refractivity contribution in [1.29, 1.82) is 0 Å². The Morgan fingerprint density at radius 3 is 2.63 bits per heavy atom. The van der Waals surface area contributed by atoms with Crippen LogP contribution in [-0.2, 0) is 0 Å². The zero-order valence-corrected chi connectivity index (χ0v) is 16.2. The number of pyridine rings is 1. The minimum Gasteiger partial charge on any atom is -0.331 e. The molecule has 0 atom stereocenters. The molecule has 1 amide bonds. The Labute approximate surface area is 168 Å². The van der Waals surface area contributed by atoms with Crippen molar-refractivity contribution in [2.75, 3.05) is 10.6 Å². The van der Waals surface area contributed by atoms with Crippen LogP contribution < -0.4 is 10.6 Å². The zero-order valence-electron chi connectivity index (χ0n) is 13.8. The molecule has 5 nitrogen and oxygen atoms in total. The highest BCUT2D eigenvalue weighted by molar-refractivity contribution is 7.18. The number of carbonyl (C=O) groups is 1. The number of nitrogens with zero attached hydrogens (tertiary/aromatic N) is 2. The van der Waals surface area contributed by atoms with E-state index < -0.39 is 0 Å². The molecule has 0 aliphatic carbocycles. The van der Waals surface area contributed by atoms with Gasteiger partial charge in [0.25, 0.3) is 5.91 Å². The van der Waals surface area contributed by atoms with Crippen molar-refractivity contribution >= 4 is 56.7 Å². The lowest BCUT2D eigenvalue weighted by molar-refractivity contribution is 0.103. The Bertz CT molecular complexity index is 1080. The summed E-state index contributed by atoms with van der Waals surface area (Å²) in [5.74, 6) is -0.182. The maximum absolute atomic E-state index is 12.3. The van der Waals surface area contributed by atoms with E-state index >= 15 is 0 Å². The lowest BCUT2D eigenvalue weighted by Gasteiger charge is -2.07. The molecule has 0 saturated heterocycles. The molecule has 3 aromatic heterocycles. The molecular formula is C19H13ClN4OS2. The molecule has 0 radical (unpaired) electrons. The highest BCUT2D eigenvalue weighted by Crippen LogP contribution is 2.28. The van der Waals surface area contributed by atoms with E-state index in [0.29, 0.717) is 14.9 Å². The molecular weight excluding hydrogens is 400 g/mol.